The van der Waals surface area contributed by atoms with Crippen LogP contribution in [0.15, 0.2) is 24.3 Å². The van der Waals surface area contributed by atoms with Crippen LogP contribution in [0.1, 0.15) is 29.8 Å². The molecule has 1 heterocycles. The first-order valence-corrected chi connectivity index (χ1v) is 7.17. The van der Waals surface area contributed by atoms with Gasteiger partial charge < -0.3 is 15.3 Å². The number of nitrogens with zero attached hydrogens (tertiary/aromatic N) is 1. The van der Waals surface area contributed by atoms with Crippen molar-refractivity contribution in [2.45, 2.75) is 26.4 Å². The Balaban J connectivity index is 1.80. The van der Waals surface area contributed by atoms with E-state index < -0.39 is 5.60 Å². The minimum Gasteiger partial charge on any atom is -0.386 e. The maximum atomic E-state index is 11.9. The molecule has 114 valence electrons. The Bertz CT molecular complexity index is 531. The predicted molar refractivity (Wildman–Crippen MR) is 79.9 cm³/mol. The van der Waals surface area contributed by atoms with E-state index in [4.69, 9.17) is 0 Å². The fourth-order valence-electron chi connectivity index (χ4n) is 2.23. The summed E-state index contributed by atoms with van der Waals surface area (Å²) in [7, 11) is 0. The Morgan fingerprint density at radius 1 is 1.29 bits per heavy atom. The summed E-state index contributed by atoms with van der Waals surface area (Å²) in [5.74, 6) is -0.313. The largest absolute Gasteiger partial charge is 0.386 e. The molecule has 2 rings (SSSR count). The molecule has 1 aliphatic heterocycles. The fraction of sp³-hybridized carbons (Fsp3) is 0.500. The number of hydrogen-bond acceptors (Lipinski definition) is 3. The lowest BCUT2D eigenvalue weighted by Gasteiger charge is -2.49. The highest BCUT2D eigenvalue weighted by Gasteiger charge is 2.45. The first kappa shape index (κ1) is 15.5. The third-order valence-electron chi connectivity index (χ3n) is 4.07. The van der Waals surface area contributed by atoms with Crippen LogP contribution < -0.4 is 5.32 Å². The lowest BCUT2D eigenvalue weighted by molar-refractivity contribution is -0.162. The summed E-state index contributed by atoms with van der Waals surface area (Å²) in [5.41, 5.74) is 0.836. The molecule has 21 heavy (non-hydrogen) atoms. The normalized spacial score (nSPS) is 16.5. The third kappa shape index (κ3) is 3.42. The Labute approximate surface area is 125 Å². The molecule has 1 aromatic rings. The van der Waals surface area contributed by atoms with Crippen molar-refractivity contribution in [1.29, 1.82) is 0 Å². The maximum Gasteiger partial charge on any atom is 0.251 e. The monoisotopic (exact) mass is 290 g/mol. The number of nitrogens with one attached hydrogen (secondary N) is 1. The van der Waals surface area contributed by atoms with E-state index in [0.29, 0.717) is 18.7 Å². The Morgan fingerprint density at radius 3 is 2.38 bits per heavy atom. The molecule has 0 unspecified atom stereocenters. The van der Waals surface area contributed by atoms with Crippen molar-refractivity contribution in [3.05, 3.63) is 35.4 Å². The number of benzene rings is 1. The number of carbonyl (C=O) groups is 2. The van der Waals surface area contributed by atoms with Gasteiger partial charge in [0.05, 0.1) is 19.6 Å². The molecule has 0 spiro atoms. The van der Waals surface area contributed by atoms with E-state index in [0.717, 1.165) is 5.56 Å². The minimum absolute atomic E-state index is 0.0408. The van der Waals surface area contributed by atoms with Crippen molar-refractivity contribution in [3.8, 4) is 0 Å². The van der Waals surface area contributed by atoms with Crippen molar-refractivity contribution in [1.82, 2.24) is 10.2 Å². The summed E-state index contributed by atoms with van der Waals surface area (Å²) in [5, 5.41) is 12.7. The molecule has 0 bridgehead atoms. The Kier molecular flexibility index (Phi) is 4.32. The highest BCUT2D eigenvalue weighted by molar-refractivity contribution is 5.96. The van der Waals surface area contributed by atoms with Gasteiger partial charge in [-0.05, 0) is 25.0 Å². The van der Waals surface area contributed by atoms with Crippen LogP contribution in [0.4, 0.5) is 0 Å². The van der Waals surface area contributed by atoms with Crippen LogP contribution >= 0.6 is 0 Å². The van der Waals surface area contributed by atoms with E-state index in [1.165, 1.54) is 0 Å². The summed E-state index contributed by atoms with van der Waals surface area (Å²) in [4.78, 5) is 25.4. The predicted octanol–water partition coefficient (Wildman–Crippen LogP) is 0.954. The first-order chi connectivity index (χ1) is 9.82. The number of β-amino-alcohol motifs (C(OH)–C–C–N with tert-alkyl or cyclic N) is 1. The van der Waals surface area contributed by atoms with Crippen molar-refractivity contribution in [2.75, 3.05) is 19.6 Å². The molecule has 1 aliphatic rings. The van der Waals surface area contributed by atoms with Crippen LogP contribution in [-0.4, -0.2) is 47.1 Å². The van der Waals surface area contributed by atoms with Gasteiger partial charge in [-0.3, -0.25) is 9.59 Å². The van der Waals surface area contributed by atoms with Crippen molar-refractivity contribution in [2.24, 2.45) is 5.92 Å². The van der Waals surface area contributed by atoms with E-state index in [2.05, 4.69) is 5.32 Å². The van der Waals surface area contributed by atoms with Gasteiger partial charge in [-0.2, -0.15) is 0 Å². The van der Waals surface area contributed by atoms with Crippen LogP contribution in [0.3, 0.4) is 0 Å². The van der Waals surface area contributed by atoms with Gasteiger partial charge in [0, 0.05) is 5.56 Å². The number of amides is 2. The number of aliphatic hydroxyl groups is 1. The second-order valence-corrected chi connectivity index (χ2v) is 6.06. The van der Waals surface area contributed by atoms with E-state index in [1.807, 2.05) is 32.9 Å². The second kappa shape index (κ2) is 5.85. The highest BCUT2D eigenvalue weighted by atomic mass is 16.3. The number of rotatable bonds is 4. The standard InChI is InChI=1S/C16H22N2O3/c1-11(2)16(21)9-18(10-16)14(19)8-17-15(20)13-6-4-12(3)5-7-13/h4-7,11,21H,8-10H2,1-3H3,(H,17,20). The number of carbonyl (C=O) groups excluding carboxylic acids is 2. The molecule has 2 amide bonds. The molecule has 5 nitrogen and oxygen atoms in total. The Hall–Kier alpha value is -1.88. The van der Waals surface area contributed by atoms with Gasteiger partial charge in [0.25, 0.3) is 5.91 Å². The summed E-state index contributed by atoms with van der Waals surface area (Å²) in [6, 6.07) is 7.18. The molecule has 1 fully saturated rings. The maximum absolute atomic E-state index is 11.9. The zero-order valence-electron chi connectivity index (χ0n) is 12.7. The van der Waals surface area contributed by atoms with Gasteiger partial charge >= 0.3 is 0 Å². The number of aryl methyl sites for hydroxylation is 1. The molecule has 0 aromatic heterocycles. The molecule has 1 saturated heterocycles. The van der Waals surface area contributed by atoms with Gasteiger partial charge in [-0.15, -0.1) is 0 Å². The quantitative estimate of drug-likeness (QED) is 0.867. The summed E-state index contributed by atoms with van der Waals surface area (Å²) in [6.45, 7) is 6.45. The van der Waals surface area contributed by atoms with E-state index in [-0.39, 0.29) is 24.3 Å². The van der Waals surface area contributed by atoms with Crippen LogP contribution in [0, 0.1) is 12.8 Å². The van der Waals surface area contributed by atoms with Gasteiger partial charge in [-0.1, -0.05) is 31.5 Å². The lowest BCUT2D eigenvalue weighted by atomic mass is 9.83. The fourth-order valence-corrected chi connectivity index (χ4v) is 2.23. The van der Waals surface area contributed by atoms with Crippen molar-refractivity contribution >= 4 is 11.8 Å². The molecule has 0 atom stereocenters. The molecular weight excluding hydrogens is 268 g/mol. The number of likely N-dealkylation sites (tertiary alicyclic amines) is 1. The topological polar surface area (TPSA) is 69.6 Å². The molecule has 0 radical (unpaired) electrons. The second-order valence-electron chi connectivity index (χ2n) is 6.06. The lowest BCUT2D eigenvalue weighted by Crippen LogP contribution is -2.67. The average molecular weight is 290 g/mol. The van der Waals surface area contributed by atoms with Gasteiger partial charge in [0.15, 0.2) is 0 Å². The highest BCUT2D eigenvalue weighted by Crippen LogP contribution is 2.28. The van der Waals surface area contributed by atoms with Crippen LogP contribution in [0.2, 0.25) is 0 Å². The third-order valence-corrected chi connectivity index (χ3v) is 4.07. The minimum atomic E-state index is -0.781. The summed E-state index contributed by atoms with van der Waals surface area (Å²) < 4.78 is 0. The molecular formula is C16H22N2O3. The molecule has 0 saturated carbocycles. The SMILES string of the molecule is Cc1ccc(C(=O)NCC(=O)N2CC(O)(C(C)C)C2)cc1. The molecule has 2 N–H and O–H groups in total. The van der Waals surface area contributed by atoms with Crippen LogP contribution in [0.5, 0.6) is 0 Å². The molecule has 0 aliphatic carbocycles. The smallest absolute Gasteiger partial charge is 0.251 e. The van der Waals surface area contributed by atoms with E-state index in [9.17, 15) is 14.7 Å². The van der Waals surface area contributed by atoms with E-state index >= 15 is 0 Å². The van der Waals surface area contributed by atoms with Gasteiger partial charge in [-0.25, -0.2) is 0 Å². The van der Waals surface area contributed by atoms with Gasteiger partial charge in [0.1, 0.15) is 5.60 Å². The first-order valence-electron chi connectivity index (χ1n) is 7.17. The van der Waals surface area contributed by atoms with Crippen LogP contribution in [-0.2, 0) is 4.79 Å². The zero-order chi connectivity index (χ0) is 15.6. The average Bonchev–Trinajstić information content (AvgIpc) is 2.41. The summed E-state index contributed by atoms with van der Waals surface area (Å²) in [6.07, 6.45) is 0. The van der Waals surface area contributed by atoms with Crippen molar-refractivity contribution in [3.63, 3.8) is 0 Å². The van der Waals surface area contributed by atoms with Gasteiger partial charge in [0.2, 0.25) is 5.91 Å². The number of hydrogen-bond donors (Lipinski definition) is 2. The summed E-state index contributed by atoms with van der Waals surface area (Å²) >= 11 is 0. The molecule has 5 heteroatoms. The van der Waals surface area contributed by atoms with E-state index in [1.54, 1.807) is 17.0 Å². The van der Waals surface area contributed by atoms with Crippen molar-refractivity contribution < 1.29 is 14.7 Å². The molecule has 1 aromatic carbocycles. The zero-order valence-corrected chi connectivity index (χ0v) is 12.7. The Morgan fingerprint density at radius 2 is 1.86 bits per heavy atom. The van der Waals surface area contributed by atoms with Crippen LogP contribution in [0.25, 0.3) is 0 Å².